The maximum absolute atomic E-state index is 2.71. The number of aryl methyl sites for hydroxylation is 2. The van der Waals surface area contributed by atoms with Crippen molar-refractivity contribution in [2.75, 3.05) is 0 Å². The van der Waals surface area contributed by atoms with Crippen molar-refractivity contribution in [3.8, 4) is 22.3 Å². The van der Waals surface area contributed by atoms with Gasteiger partial charge in [-0.25, -0.2) is 0 Å². The maximum Gasteiger partial charge on any atom is 4.00 e. The molecule has 0 saturated heterocycles. The fourth-order valence-corrected chi connectivity index (χ4v) is 13.4. The molecule has 2 heteroatoms. The first-order chi connectivity index (χ1) is 22.7. The molecule has 0 spiro atoms. The third-order valence-corrected chi connectivity index (χ3v) is 17.1. The van der Waals surface area contributed by atoms with Crippen LogP contribution in [0, 0.1) is 28.7 Å². The van der Waals surface area contributed by atoms with Crippen LogP contribution in [0.2, 0.25) is 12.1 Å². The molecule has 1 fully saturated rings. The van der Waals surface area contributed by atoms with Crippen molar-refractivity contribution in [3.63, 3.8) is 0 Å². The van der Waals surface area contributed by atoms with E-state index in [1.807, 2.05) is 0 Å². The van der Waals surface area contributed by atoms with Crippen LogP contribution < -0.4 is 10.4 Å². The Morgan fingerprint density at radius 2 is 0.961 bits per heavy atom. The Bertz CT molecular complexity index is 1970. The van der Waals surface area contributed by atoms with Crippen LogP contribution >= 0.6 is 0 Å². The molecule has 1 saturated carbocycles. The summed E-state index contributed by atoms with van der Waals surface area (Å²) in [6, 6.07) is 38.6. The van der Waals surface area contributed by atoms with Gasteiger partial charge >= 0.3 is 25.8 Å². The molecular weight excluding hydrogens is 795 g/mol. The molecule has 0 bridgehead atoms. The Hall–Kier alpha value is -2.81. The molecule has 1 aliphatic rings. The molecule has 0 unspecified atom stereocenters. The molecule has 0 amide bonds. The van der Waals surface area contributed by atoms with E-state index in [9.17, 15) is 0 Å². The van der Waals surface area contributed by atoms with Gasteiger partial charge in [-0.15, -0.1) is 68.3 Å². The van der Waals surface area contributed by atoms with Gasteiger partial charge in [0.15, 0.2) is 0 Å². The van der Waals surface area contributed by atoms with E-state index in [1.165, 1.54) is 98.2 Å². The molecule has 6 aromatic carbocycles. The molecule has 264 valence electrons. The largest absolute Gasteiger partial charge is 4.00 e. The first-order valence-corrected chi connectivity index (χ1v) is 21.0. The SMILES string of the molecule is Cc1cc(C(C)(C)C)ccc1-c1cccc2[cH-]c([Si](C)(c3cc4c(-c5ccc(C(C)(C)C)cc5C)cccc4[cH-]3)C3CCCCC3)cc12.[CH3-].[CH3-].[Hf+4]. The number of hydrogen-bond donors (Lipinski definition) is 0. The summed E-state index contributed by atoms with van der Waals surface area (Å²) < 4.78 is 0. The van der Waals surface area contributed by atoms with Gasteiger partial charge in [-0.2, -0.15) is 12.1 Å². The Kier molecular flexibility index (Phi) is 12.3. The van der Waals surface area contributed by atoms with Crippen LogP contribution in [0.1, 0.15) is 95.9 Å². The van der Waals surface area contributed by atoms with Crippen LogP contribution in [0.3, 0.4) is 0 Å². The average molecular weight is 856 g/mol. The van der Waals surface area contributed by atoms with E-state index in [0.29, 0.717) is 0 Å². The summed E-state index contributed by atoms with van der Waals surface area (Å²) in [5.41, 5.74) is 12.1. The first kappa shape index (κ1) is 41.0. The zero-order valence-corrected chi connectivity index (χ0v) is 37.9. The first-order valence-electron chi connectivity index (χ1n) is 18.4. The Morgan fingerprint density at radius 3 is 1.33 bits per heavy atom. The molecule has 0 nitrogen and oxygen atoms in total. The molecule has 6 aromatic rings. The minimum atomic E-state index is -2.11. The molecule has 0 atom stereocenters. The van der Waals surface area contributed by atoms with Gasteiger partial charge < -0.3 is 14.9 Å². The fourth-order valence-electron chi connectivity index (χ4n) is 8.72. The predicted octanol–water partition coefficient (Wildman–Crippen LogP) is 13.4. The minimum absolute atomic E-state index is 0. The second kappa shape index (κ2) is 15.3. The summed E-state index contributed by atoms with van der Waals surface area (Å²) in [6.07, 6.45) is 6.82. The van der Waals surface area contributed by atoms with E-state index in [0.717, 1.165) is 5.54 Å². The third kappa shape index (κ3) is 7.52. The molecule has 0 aromatic heterocycles. The summed E-state index contributed by atoms with van der Waals surface area (Å²) in [5.74, 6) is 0. The molecule has 7 rings (SSSR count). The normalized spacial score (nSPS) is 14.2. The second-order valence-electron chi connectivity index (χ2n) is 17.2. The minimum Gasteiger partial charge on any atom is -0.358 e. The van der Waals surface area contributed by atoms with Gasteiger partial charge in [0, 0.05) is 0 Å². The van der Waals surface area contributed by atoms with Gasteiger partial charge in [-0.05, 0) is 63.6 Å². The third-order valence-electron chi connectivity index (χ3n) is 11.9. The summed E-state index contributed by atoms with van der Waals surface area (Å²) >= 11 is 0. The van der Waals surface area contributed by atoms with Gasteiger partial charge in [0.05, 0.1) is 8.07 Å². The van der Waals surface area contributed by atoms with Gasteiger partial charge in [0.2, 0.25) is 0 Å². The van der Waals surface area contributed by atoms with Crippen LogP contribution in [0.15, 0.2) is 97.1 Å². The molecule has 0 aliphatic heterocycles. The molecule has 0 radical (unpaired) electrons. The molecular formula is C49H60HfSi. The monoisotopic (exact) mass is 856 g/mol. The van der Waals surface area contributed by atoms with Crippen LogP contribution in [-0.2, 0) is 36.7 Å². The van der Waals surface area contributed by atoms with E-state index in [4.69, 9.17) is 0 Å². The molecule has 51 heavy (non-hydrogen) atoms. The summed E-state index contributed by atoms with van der Waals surface area (Å²) in [6.45, 7) is 21.1. The van der Waals surface area contributed by atoms with Gasteiger partial charge in [0.25, 0.3) is 0 Å². The van der Waals surface area contributed by atoms with Crippen molar-refractivity contribution in [1.29, 1.82) is 0 Å². The van der Waals surface area contributed by atoms with E-state index in [2.05, 4.69) is 159 Å². The topological polar surface area (TPSA) is 0 Å². The zero-order valence-electron chi connectivity index (χ0n) is 33.4. The van der Waals surface area contributed by atoms with E-state index < -0.39 is 8.07 Å². The van der Waals surface area contributed by atoms with Gasteiger partial charge in [-0.1, -0.05) is 140 Å². The Balaban J connectivity index is 0.00000194. The predicted molar refractivity (Wildman–Crippen MR) is 227 cm³/mol. The number of fused-ring (bicyclic) bond motifs is 2. The van der Waals surface area contributed by atoms with Crippen molar-refractivity contribution in [1.82, 2.24) is 0 Å². The Morgan fingerprint density at radius 1 is 0.549 bits per heavy atom. The van der Waals surface area contributed by atoms with E-state index in [1.54, 1.807) is 10.4 Å². The van der Waals surface area contributed by atoms with Crippen LogP contribution in [0.25, 0.3) is 43.8 Å². The second-order valence-corrected chi connectivity index (χ2v) is 21.6. The number of benzene rings is 4. The fraction of sp³-hybridized carbons (Fsp3) is 0.347. The van der Waals surface area contributed by atoms with E-state index >= 15 is 0 Å². The standard InChI is InChI=1S/C47H54Si.2CH3.Hf/c1-31-25-35(46(3,4)5)21-23-40(31)42-19-13-15-33-27-38(29-44(33)42)48(9,37-17-11-10-12-18-37)39-28-34-16-14-20-43(45(34)30-39)41-24-22-36(26-32(41)2)47(6,7)8;;;/h13-16,19-30,37H,10-12,17-18H2,1-9H3;2*1H3;/q-2;2*-1;+4. The van der Waals surface area contributed by atoms with Crippen molar-refractivity contribution < 1.29 is 25.8 Å². The molecule has 1 aliphatic carbocycles. The number of hydrogen-bond acceptors (Lipinski definition) is 0. The van der Waals surface area contributed by atoms with Crippen molar-refractivity contribution in [3.05, 3.63) is 134 Å². The summed E-state index contributed by atoms with van der Waals surface area (Å²) in [4.78, 5) is 0. The summed E-state index contributed by atoms with van der Waals surface area (Å²) in [5, 5.41) is 8.84. The van der Waals surface area contributed by atoms with Crippen LogP contribution in [0.4, 0.5) is 0 Å². The Labute approximate surface area is 330 Å². The van der Waals surface area contributed by atoms with Gasteiger partial charge in [0.1, 0.15) is 0 Å². The zero-order chi connectivity index (χ0) is 34.0. The smallest absolute Gasteiger partial charge is 0.358 e. The molecule has 0 heterocycles. The van der Waals surface area contributed by atoms with Crippen molar-refractivity contribution in [2.45, 2.75) is 110 Å². The molecule has 0 N–H and O–H groups in total. The maximum atomic E-state index is 2.71. The van der Waals surface area contributed by atoms with Crippen LogP contribution in [0.5, 0.6) is 0 Å². The van der Waals surface area contributed by atoms with Crippen molar-refractivity contribution >= 4 is 40.0 Å². The van der Waals surface area contributed by atoms with E-state index in [-0.39, 0.29) is 51.5 Å². The van der Waals surface area contributed by atoms with Gasteiger partial charge in [-0.3, -0.25) is 0 Å². The quantitative estimate of drug-likeness (QED) is 0.120. The van der Waals surface area contributed by atoms with Crippen LogP contribution in [-0.4, -0.2) is 8.07 Å². The summed E-state index contributed by atoms with van der Waals surface area (Å²) in [7, 11) is -2.11. The van der Waals surface area contributed by atoms with Crippen molar-refractivity contribution in [2.24, 2.45) is 0 Å². The average Bonchev–Trinajstić information content (AvgIpc) is 3.70. The number of rotatable bonds is 5.